The lowest BCUT2D eigenvalue weighted by atomic mass is 10.1. The predicted octanol–water partition coefficient (Wildman–Crippen LogP) is 2.29. The Labute approximate surface area is 125 Å². The van der Waals surface area contributed by atoms with Crippen LogP contribution >= 0.6 is 0 Å². The molecule has 0 aliphatic carbocycles. The van der Waals surface area contributed by atoms with Crippen LogP contribution in [0.25, 0.3) is 0 Å². The Hall–Kier alpha value is -1.88. The summed E-state index contributed by atoms with van der Waals surface area (Å²) in [5.41, 5.74) is 1.50. The van der Waals surface area contributed by atoms with E-state index in [4.69, 9.17) is 9.47 Å². The zero-order valence-corrected chi connectivity index (χ0v) is 13.0. The van der Waals surface area contributed by atoms with Crippen LogP contribution in [0.15, 0.2) is 24.3 Å². The molecule has 0 aliphatic heterocycles. The Kier molecular flexibility index (Phi) is 6.88. The maximum absolute atomic E-state index is 12.0. The molecule has 0 spiro atoms. The largest absolute Gasteiger partial charge is 0.464 e. The number of hydrogen-bond donors (Lipinski definition) is 1. The Morgan fingerprint density at radius 1 is 1.14 bits per heavy atom. The van der Waals surface area contributed by atoms with Crippen LogP contribution in [0.3, 0.4) is 0 Å². The molecule has 0 fully saturated rings. The first-order valence-electron chi connectivity index (χ1n) is 7.12. The van der Waals surface area contributed by atoms with E-state index in [9.17, 15) is 9.59 Å². The first kappa shape index (κ1) is 17.2. The third-order valence-corrected chi connectivity index (χ3v) is 2.79. The number of carbonyl (C=O) groups excluding carboxylic acids is 2. The third-order valence-electron chi connectivity index (χ3n) is 2.79. The number of ether oxygens (including phenoxy) is 2. The Morgan fingerprint density at radius 2 is 1.76 bits per heavy atom. The van der Waals surface area contributed by atoms with Crippen molar-refractivity contribution in [3.63, 3.8) is 0 Å². The molecule has 0 radical (unpaired) electrons. The van der Waals surface area contributed by atoms with Crippen LogP contribution in [0.5, 0.6) is 0 Å². The predicted molar refractivity (Wildman–Crippen MR) is 79.9 cm³/mol. The lowest BCUT2D eigenvalue weighted by Crippen LogP contribution is -2.39. The summed E-state index contributed by atoms with van der Waals surface area (Å²) >= 11 is 0. The highest BCUT2D eigenvalue weighted by atomic mass is 16.5. The third kappa shape index (κ3) is 5.95. The van der Waals surface area contributed by atoms with Gasteiger partial charge in [-0.25, -0.2) is 4.79 Å². The zero-order chi connectivity index (χ0) is 15.8. The summed E-state index contributed by atoms with van der Waals surface area (Å²) < 4.78 is 10.3. The summed E-state index contributed by atoms with van der Waals surface area (Å²) in [5, 5.41) is 2.61. The second-order valence-corrected chi connectivity index (χ2v) is 5.00. The van der Waals surface area contributed by atoms with E-state index in [0.29, 0.717) is 18.8 Å². The van der Waals surface area contributed by atoms with Gasteiger partial charge in [0.2, 0.25) is 0 Å². The fourth-order valence-electron chi connectivity index (χ4n) is 1.62. The van der Waals surface area contributed by atoms with Crippen molar-refractivity contribution < 1.29 is 19.1 Å². The number of hydrogen-bond acceptors (Lipinski definition) is 4. The van der Waals surface area contributed by atoms with E-state index < -0.39 is 12.0 Å². The van der Waals surface area contributed by atoms with Crippen molar-refractivity contribution in [2.45, 2.75) is 46.4 Å². The molecule has 1 rings (SSSR count). The highest BCUT2D eigenvalue weighted by molar-refractivity contribution is 5.96. The van der Waals surface area contributed by atoms with E-state index >= 15 is 0 Å². The molecule has 0 heterocycles. The Morgan fingerprint density at radius 3 is 2.29 bits per heavy atom. The van der Waals surface area contributed by atoms with Gasteiger partial charge < -0.3 is 14.8 Å². The maximum atomic E-state index is 12.0. The average Bonchev–Trinajstić information content (AvgIpc) is 2.45. The average molecular weight is 293 g/mol. The molecule has 1 amide bonds. The molecule has 0 saturated heterocycles. The first-order chi connectivity index (χ1) is 9.93. The zero-order valence-electron chi connectivity index (χ0n) is 13.0. The fourth-order valence-corrected chi connectivity index (χ4v) is 1.62. The molecule has 0 bridgehead atoms. The van der Waals surface area contributed by atoms with E-state index in [-0.39, 0.29) is 12.0 Å². The van der Waals surface area contributed by atoms with Gasteiger partial charge in [0.15, 0.2) is 0 Å². The Balaban J connectivity index is 2.56. The molecule has 21 heavy (non-hydrogen) atoms. The van der Waals surface area contributed by atoms with Gasteiger partial charge in [0.05, 0.1) is 19.3 Å². The quantitative estimate of drug-likeness (QED) is 0.783. The highest BCUT2D eigenvalue weighted by Crippen LogP contribution is 2.07. The number of amides is 1. The molecule has 116 valence electrons. The van der Waals surface area contributed by atoms with Crippen LogP contribution in [0, 0.1) is 0 Å². The van der Waals surface area contributed by atoms with Crippen LogP contribution in [0.2, 0.25) is 0 Å². The van der Waals surface area contributed by atoms with Crippen LogP contribution < -0.4 is 5.32 Å². The molecule has 1 aromatic rings. The summed E-state index contributed by atoms with van der Waals surface area (Å²) in [6, 6.07) is 6.44. The minimum absolute atomic E-state index is 0.165. The molecule has 0 aromatic heterocycles. The molecule has 1 atom stereocenters. The molecule has 5 heteroatoms. The Bertz CT molecular complexity index is 468. The van der Waals surface area contributed by atoms with Gasteiger partial charge in [-0.2, -0.15) is 0 Å². The number of benzene rings is 1. The summed E-state index contributed by atoms with van der Waals surface area (Å²) in [7, 11) is 0. The molecule has 1 unspecified atom stereocenters. The second-order valence-electron chi connectivity index (χ2n) is 5.00. The van der Waals surface area contributed by atoms with E-state index in [2.05, 4.69) is 5.32 Å². The van der Waals surface area contributed by atoms with Crippen molar-refractivity contribution in [3.8, 4) is 0 Å². The summed E-state index contributed by atoms with van der Waals surface area (Å²) in [6.45, 7) is 8.07. The van der Waals surface area contributed by atoms with Gasteiger partial charge in [-0.15, -0.1) is 0 Å². The fraction of sp³-hybridized carbons (Fsp3) is 0.500. The molecular weight excluding hydrogens is 270 g/mol. The van der Waals surface area contributed by atoms with Crippen molar-refractivity contribution in [3.05, 3.63) is 35.4 Å². The van der Waals surface area contributed by atoms with Gasteiger partial charge in [-0.3, -0.25) is 4.79 Å². The SMILES string of the molecule is CCOC(=O)C(C)NC(=O)c1ccc(COC(C)C)cc1. The number of esters is 1. The van der Waals surface area contributed by atoms with E-state index in [1.165, 1.54) is 0 Å². The molecular formula is C16H23NO4. The molecule has 1 N–H and O–H groups in total. The summed E-state index contributed by atoms with van der Waals surface area (Å²) in [4.78, 5) is 23.5. The van der Waals surface area contributed by atoms with E-state index in [1.807, 2.05) is 26.0 Å². The van der Waals surface area contributed by atoms with Gasteiger partial charge in [0.1, 0.15) is 6.04 Å². The van der Waals surface area contributed by atoms with Crippen molar-refractivity contribution in [2.75, 3.05) is 6.61 Å². The van der Waals surface area contributed by atoms with Gasteiger partial charge in [-0.1, -0.05) is 12.1 Å². The van der Waals surface area contributed by atoms with Crippen LogP contribution in [0.4, 0.5) is 0 Å². The van der Waals surface area contributed by atoms with Crippen molar-refractivity contribution in [1.29, 1.82) is 0 Å². The maximum Gasteiger partial charge on any atom is 0.328 e. The van der Waals surface area contributed by atoms with Gasteiger partial charge >= 0.3 is 5.97 Å². The van der Waals surface area contributed by atoms with E-state index in [1.54, 1.807) is 26.0 Å². The van der Waals surface area contributed by atoms with Gasteiger partial charge in [0.25, 0.3) is 5.91 Å². The molecule has 0 aliphatic rings. The smallest absolute Gasteiger partial charge is 0.328 e. The normalized spacial score (nSPS) is 12.0. The minimum Gasteiger partial charge on any atom is -0.464 e. The highest BCUT2D eigenvalue weighted by Gasteiger charge is 2.17. The molecule has 0 saturated carbocycles. The van der Waals surface area contributed by atoms with Gasteiger partial charge in [0, 0.05) is 5.56 Å². The molecule has 5 nitrogen and oxygen atoms in total. The topological polar surface area (TPSA) is 64.6 Å². The van der Waals surface area contributed by atoms with Crippen LogP contribution in [0.1, 0.15) is 43.6 Å². The van der Waals surface area contributed by atoms with Crippen LogP contribution in [-0.2, 0) is 20.9 Å². The summed E-state index contributed by atoms with van der Waals surface area (Å²) in [6.07, 6.45) is 0.165. The van der Waals surface area contributed by atoms with Crippen molar-refractivity contribution in [1.82, 2.24) is 5.32 Å². The second kappa shape index (κ2) is 8.42. The first-order valence-corrected chi connectivity index (χ1v) is 7.12. The van der Waals surface area contributed by atoms with Crippen molar-refractivity contribution in [2.24, 2.45) is 0 Å². The standard InChI is InChI=1S/C16H23NO4/c1-5-20-16(19)12(4)17-15(18)14-8-6-13(7-9-14)10-21-11(2)3/h6-9,11-12H,5,10H2,1-4H3,(H,17,18). The number of carbonyl (C=O) groups is 2. The van der Waals surface area contributed by atoms with Gasteiger partial charge in [-0.05, 0) is 45.4 Å². The minimum atomic E-state index is -0.665. The number of rotatable bonds is 7. The van der Waals surface area contributed by atoms with Crippen molar-refractivity contribution >= 4 is 11.9 Å². The van der Waals surface area contributed by atoms with Crippen LogP contribution in [-0.4, -0.2) is 30.6 Å². The lowest BCUT2D eigenvalue weighted by Gasteiger charge is -2.13. The monoisotopic (exact) mass is 293 g/mol. The summed E-state index contributed by atoms with van der Waals surface area (Å²) in [5.74, 6) is -0.736. The van der Waals surface area contributed by atoms with E-state index in [0.717, 1.165) is 5.56 Å². The lowest BCUT2D eigenvalue weighted by molar-refractivity contribution is -0.144. The molecule has 1 aromatic carbocycles. The number of nitrogens with one attached hydrogen (secondary N) is 1.